The van der Waals surface area contributed by atoms with Gasteiger partial charge in [0.1, 0.15) is 11.6 Å². The molecule has 0 saturated heterocycles. The fourth-order valence-electron chi connectivity index (χ4n) is 1.78. The predicted octanol–water partition coefficient (Wildman–Crippen LogP) is 3.16. The van der Waals surface area contributed by atoms with Gasteiger partial charge < -0.3 is 14.8 Å². The topological polar surface area (TPSA) is 56.3 Å². The van der Waals surface area contributed by atoms with Gasteiger partial charge in [0.05, 0.1) is 6.61 Å². The van der Waals surface area contributed by atoms with Crippen molar-refractivity contribution in [2.45, 2.75) is 40.5 Å². The van der Waals surface area contributed by atoms with Crippen molar-refractivity contribution in [1.29, 1.82) is 0 Å². The van der Waals surface area contributed by atoms with Gasteiger partial charge in [0.25, 0.3) is 0 Å². The van der Waals surface area contributed by atoms with Crippen molar-refractivity contribution in [2.24, 2.45) is 11.8 Å². The molecule has 0 spiro atoms. The Balaban J connectivity index is 2.71. The van der Waals surface area contributed by atoms with Crippen molar-refractivity contribution < 1.29 is 9.47 Å². The van der Waals surface area contributed by atoms with Gasteiger partial charge in [-0.25, -0.2) is 4.98 Å². The van der Waals surface area contributed by atoms with Crippen molar-refractivity contribution in [3.05, 3.63) is 11.9 Å². The molecule has 5 nitrogen and oxygen atoms in total. The number of nitrogens with zero attached hydrogens (tertiary/aromatic N) is 2. The van der Waals surface area contributed by atoms with E-state index in [0.29, 0.717) is 24.3 Å². The maximum atomic E-state index is 5.74. The van der Waals surface area contributed by atoms with Gasteiger partial charge in [0.15, 0.2) is 0 Å². The first-order chi connectivity index (χ1) is 10.0. The molecule has 21 heavy (non-hydrogen) atoms. The third-order valence-corrected chi connectivity index (χ3v) is 2.74. The minimum atomic E-state index is 0.478. The highest BCUT2D eigenvalue weighted by Crippen LogP contribution is 2.16. The van der Waals surface area contributed by atoms with E-state index in [1.165, 1.54) is 0 Å². The van der Waals surface area contributed by atoms with Crippen LogP contribution in [0.15, 0.2) is 6.07 Å². The van der Waals surface area contributed by atoms with Crippen LogP contribution in [-0.2, 0) is 11.2 Å². The van der Waals surface area contributed by atoms with Crippen LogP contribution in [0.1, 0.15) is 39.9 Å². The molecular formula is C16H29N3O2. The molecule has 0 aliphatic rings. The molecule has 1 N–H and O–H groups in total. The fraction of sp³-hybridized carbons (Fsp3) is 0.750. The van der Waals surface area contributed by atoms with E-state index in [4.69, 9.17) is 9.47 Å². The molecule has 0 amide bonds. The minimum Gasteiger partial charge on any atom is -0.477 e. The molecule has 1 aromatic heterocycles. The van der Waals surface area contributed by atoms with Gasteiger partial charge in [-0.15, -0.1) is 0 Å². The van der Waals surface area contributed by atoms with Crippen LogP contribution in [0.4, 0.5) is 5.82 Å². The van der Waals surface area contributed by atoms with Crippen LogP contribution in [-0.4, -0.2) is 36.8 Å². The number of anilines is 1. The smallest absolute Gasteiger partial charge is 0.218 e. The molecule has 0 atom stereocenters. The van der Waals surface area contributed by atoms with Crippen molar-refractivity contribution in [3.8, 4) is 5.88 Å². The van der Waals surface area contributed by atoms with E-state index in [1.807, 2.05) is 6.07 Å². The van der Waals surface area contributed by atoms with Gasteiger partial charge in [0, 0.05) is 32.7 Å². The summed E-state index contributed by atoms with van der Waals surface area (Å²) in [5, 5.41) is 3.31. The van der Waals surface area contributed by atoms with Crippen LogP contribution in [0.3, 0.4) is 0 Å². The van der Waals surface area contributed by atoms with Gasteiger partial charge in [-0.1, -0.05) is 27.7 Å². The third kappa shape index (κ3) is 7.85. The molecule has 0 aliphatic heterocycles. The summed E-state index contributed by atoms with van der Waals surface area (Å²) in [6.07, 6.45) is 1.80. The quantitative estimate of drug-likeness (QED) is 0.672. The minimum absolute atomic E-state index is 0.478. The van der Waals surface area contributed by atoms with Crippen molar-refractivity contribution in [2.75, 3.05) is 32.2 Å². The van der Waals surface area contributed by atoms with Crippen LogP contribution in [0, 0.1) is 11.8 Å². The summed E-state index contributed by atoms with van der Waals surface area (Å²) in [4.78, 5) is 9.05. The Bertz CT molecular complexity index is 409. The summed E-state index contributed by atoms with van der Waals surface area (Å²) < 4.78 is 10.8. The number of aromatic nitrogens is 2. The first-order valence-electron chi connectivity index (χ1n) is 7.74. The second kappa shape index (κ2) is 9.55. The Morgan fingerprint density at radius 1 is 1.14 bits per heavy atom. The van der Waals surface area contributed by atoms with E-state index >= 15 is 0 Å². The zero-order chi connectivity index (χ0) is 15.7. The molecule has 0 fully saturated rings. The first-order valence-corrected chi connectivity index (χ1v) is 7.74. The van der Waals surface area contributed by atoms with Crippen molar-refractivity contribution >= 4 is 5.82 Å². The van der Waals surface area contributed by atoms with Crippen LogP contribution in [0.2, 0.25) is 0 Å². The lowest BCUT2D eigenvalue weighted by atomic mass is 10.1. The van der Waals surface area contributed by atoms with Crippen LogP contribution >= 0.6 is 0 Å². The molecular weight excluding hydrogens is 266 g/mol. The maximum absolute atomic E-state index is 5.74. The van der Waals surface area contributed by atoms with E-state index in [2.05, 4.69) is 43.0 Å². The molecule has 0 unspecified atom stereocenters. The van der Waals surface area contributed by atoms with Gasteiger partial charge in [-0.05, 0) is 18.3 Å². The maximum Gasteiger partial charge on any atom is 0.218 e. The Hall–Kier alpha value is -1.36. The molecule has 120 valence electrons. The zero-order valence-electron chi connectivity index (χ0n) is 14.0. The Labute approximate surface area is 128 Å². The van der Waals surface area contributed by atoms with Gasteiger partial charge in [-0.3, -0.25) is 0 Å². The van der Waals surface area contributed by atoms with E-state index in [0.717, 1.165) is 37.6 Å². The normalized spacial score (nSPS) is 11.2. The number of hydrogen-bond acceptors (Lipinski definition) is 5. The number of nitrogens with one attached hydrogen (secondary N) is 1. The predicted molar refractivity (Wildman–Crippen MR) is 85.9 cm³/mol. The lowest BCUT2D eigenvalue weighted by molar-refractivity contribution is 0.197. The van der Waals surface area contributed by atoms with Gasteiger partial charge in [-0.2, -0.15) is 4.98 Å². The van der Waals surface area contributed by atoms with E-state index in [1.54, 1.807) is 7.11 Å². The molecule has 1 rings (SSSR count). The Morgan fingerprint density at radius 2 is 1.90 bits per heavy atom. The molecule has 1 aromatic rings. The standard InChI is InChI=1S/C16H29N3O2/c1-12(2)9-15-18-14(17-7-6-8-20-5)10-16(19-15)21-11-13(3)4/h10,12-13H,6-9,11H2,1-5H3,(H,17,18,19). The molecule has 0 bridgehead atoms. The molecule has 0 aromatic carbocycles. The number of ether oxygens (including phenoxy) is 2. The molecule has 0 radical (unpaired) electrons. The average Bonchev–Trinajstić information content (AvgIpc) is 2.40. The molecule has 1 heterocycles. The number of methoxy groups -OCH3 is 1. The summed E-state index contributed by atoms with van der Waals surface area (Å²) in [5.41, 5.74) is 0. The second-order valence-corrected chi connectivity index (χ2v) is 6.08. The van der Waals surface area contributed by atoms with E-state index in [9.17, 15) is 0 Å². The molecule has 0 aliphatic carbocycles. The largest absolute Gasteiger partial charge is 0.477 e. The highest BCUT2D eigenvalue weighted by atomic mass is 16.5. The lowest BCUT2D eigenvalue weighted by Crippen LogP contribution is -2.12. The summed E-state index contributed by atoms with van der Waals surface area (Å²) in [6.45, 7) is 10.8. The summed E-state index contributed by atoms with van der Waals surface area (Å²) in [5.74, 6) is 3.32. The van der Waals surface area contributed by atoms with Crippen LogP contribution in [0.25, 0.3) is 0 Å². The average molecular weight is 295 g/mol. The van der Waals surface area contributed by atoms with Gasteiger partial charge in [0.2, 0.25) is 5.88 Å². The third-order valence-electron chi connectivity index (χ3n) is 2.74. The molecule has 0 saturated carbocycles. The summed E-state index contributed by atoms with van der Waals surface area (Å²) in [6, 6.07) is 1.87. The van der Waals surface area contributed by atoms with Crippen LogP contribution in [0.5, 0.6) is 5.88 Å². The van der Waals surface area contributed by atoms with Crippen molar-refractivity contribution in [3.63, 3.8) is 0 Å². The highest BCUT2D eigenvalue weighted by molar-refractivity contribution is 5.38. The number of hydrogen-bond donors (Lipinski definition) is 1. The highest BCUT2D eigenvalue weighted by Gasteiger charge is 2.08. The summed E-state index contributed by atoms with van der Waals surface area (Å²) in [7, 11) is 1.71. The van der Waals surface area contributed by atoms with Crippen molar-refractivity contribution in [1.82, 2.24) is 9.97 Å². The fourth-order valence-corrected chi connectivity index (χ4v) is 1.78. The Morgan fingerprint density at radius 3 is 2.52 bits per heavy atom. The van der Waals surface area contributed by atoms with E-state index < -0.39 is 0 Å². The first kappa shape index (κ1) is 17.7. The second-order valence-electron chi connectivity index (χ2n) is 6.08. The van der Waals surface area contributed by atoms with E-state index in [-0.39, 0.29) is 0 Å². The summed E-state index contributed by atoms with van der Waals surface area (Å²) >= 11 is 0. The Kier molecular flexibility index (Phi) is 8.05. The lowest BCUT2D eigenvalue weighted by Gasteiger charge is -2.13. The van der Waals surface area contributed by atoms with Crippen LogP contribution < -0.4 is 10.1 Å². The monoisotopic (exact) mass is 295 g/mol. The SMILES string of the molecule is COCCCNc1cc(OCC(C)C)nc(CC(C)C)n1. The number of rotatable bonds is 10. The molecule has 5 heteroatoms. The van der Waals surface area contributed by atoms with Gasteiger partial charge >= 0.3 is 0 Å². The zero-order valence-corrected chi connectivity index (χ0v) is 14.0.